The summed E-state index contributed by atoms with van der Waals surface area (Å²) >= 11 is 0. The van der Waals surface area contributed by atoms with Crippen LogP contribution >= 0.6 is 0 Å². The molecule has 1 saturated heterocycles. The summed E-state index contributed by atoms with van der Waals surface area (Å²) in [7, 11) is 0. The molecule has 8 heteroatoms. The molecule has 0 radical (unpaired) electrons. The average molecular weight is 400 g/mol. The first kappa shape index (κ1) is 20.9. The minimum atomic E-state index is -0.446. The first-order valence-electron chi connectivity index (χ1n) is 9.93. The van der Waals surface area contributed by atoms with Gasteiger partial charge in [0.1, 0.15) is 0 Å². The Balaban J connectivity index is 1.57. The lowest BCUT2D eigenvalue weighted by Gasteiger charge is -2.30. The van der Waals surface area contributed by atoms with Crippen LogP contribution < -0.4 is 10.6 Å². The van der Waals surface area contributed by atoms with Gasteiger partial charge in [0.2, 0.25) is 5.91 Å². The van der Waals surface area contributed by atoms with Crippen LogP contribution in [0, 0.1) is 0 Å². The van der Waals surface area contributed by atoms with Crippen LogP contribution in [0.2, 0.25) is 0 Å². The molecule has 0 spiro atoms. The summed E-state index contributed by atoms with van der Waals surface area (Å²) in [5.74, 6) is 0.404. The van der Waals surface area contributed by atoms with E-state index in [-0.39, 0.29) is 30.9 Å². The van der Waals surface area contributed by atoms with Crippen molar-refractivity contribution < 1.29 is 18.8 Å². The number of nitrogens with zero attached hydrogens (tertiary/aromatic N) is 2. The number of ether oxygens (including phenoxy) is 1. The van der Waals surface area contributed by atoms with E-state index in [1.165, 1.54) is 0 Å². The number of rotatable bonds is 7. The summed E-state index contributed by atoms with van der Waals surface area (Å²) in [5.41, 5.74) is 1.73. The van der Waals surface area contributed by atoms with E-state index in [0.717, 1.165) is 11.3 Å². The number of carbonyl (C=O) groups excluding carboxylic acids is 2. The molecule has 8 nitrogen and oxygen atoms in total. The quantitative estimate of drug-likeness (QED) is 0.743. The molecule has 1 aromatic heterocycles. The second-order valence-electron chi connectivity index (χ2n) is 7.34. The van der Waals surface area contributed by atoms with Crippen LogP contribution in [0.25, 0.3) is 0 Å². The lowest BCUT2D eigenvalue weighted by molar-refractivity contribution is -0.136. The van der Waals surface area contributed by atoms with Crippen molar-refractivity contribution in [2.45, 2.75) is 32.2 Å². The maximum atomic E-state index is 13.0. The van der Waals surface area contributed by atoms with Gasteiger partial charge in [-0.25, -0.2) is 4.79 Å². The van der Waals surface area contributed by atoms with Crippen molar-refractivity contribution in [3.05, 3.63) is 53.4 Å². The molecule has 0 saturated carbocycles. The zero-order chi connectivity index (χ0) is 20.6. The van der Waals surface area contributed by atoms with E-state index in [2.05, 4.69) is 15.8 Å². The first-order chi connectivity index (χ1) is 14.0. The van der Waals surface area contributed by atoms with Gasteiger partial charge in [-0.2, -0.15) is 0 Å². The van der Waals surface area contributed by atoms with Gasteiger partial charge in [-0.3, -0.25) is 4.79 Å². The van der Waals surface area contributed by atoms with Crippen LogP contribution in [0.1, 0.15) is 42.7 Å². The molecule has 1 aromatic carbocycles. The largest absolute Gasteiger partial charge is 0.378 e. The highest BCUT2D eigenvalue weighted by atomic mass is 16.5. The number of urea groups is 1. The molecular weight excluding hydrogens is 372 g/mol. The molecule has 2 heterocycles. The maximum Gasteiger partial charge on any atom is 0.315 e. The fourth-order valence-corrected chi connectivity index (χ4v) is 3.15. The summed E-state index contributed by atoms with van der Waals surface area (Å²) in [6, 6.07) is 11.0. The highest BCUT2D eigenvalue weighted by molar-refractivity contribution is 5.85. The Bertz CT molecular complexity index is 800. The van der Waals surface area contributed by atoms with Gasteiger partial charge in [0.15, 0.2) is 5.76 Å². The number of amides is 3. The molecule has 29 heavy (non-hydrogen) atoms. The molecule has 0 aliphatic carbocycles. The van der Waals surface area contributed by atoms with Crippen LogP contribution in [-0.2, 0) is 16.1 Å². The van der Waals surface area contributed by atoms with Crippen molar-refractivity contribution in [3.63, 3.8) is 0 Å². The van der Waals surface area contributed by atoms with E-state index in [0.29, 0.717) is 32.1 Å². The number of hydrogen-bond acceptors (Lipinski definition) is 5. The fourth-order valence-electron chi connectivity index (χ4n) is 3.15. The van der Waals surface area contributed by atoms with Crippen LogP contribution in [0.4, 0.5) is 4.79 Å². The highest BCUT2D eigenvalue weighted by Gasteiger charge is 2.27. The van der Waals surface area contributed by atoms with Gasteiger partial charge in [-0.15, -0.1) is 0 Å². The predicted octanol–water partition coefficient (Wildman–Crippen LogP) is 2.24. The van der Waals surface area contributed by atoms with Gasteiger partial charge in [-0.1, -0.05) is 49.3 Å². The topological polar surface area (TPSA) is 96.7 Å². The van der Waals surface area contributed by atoms with Crippen molar-refractivity contribution in [2.75, 3.05) is 32.8 Å². The lowest BCUT2D eigenvalue weighted by Crippen LogP contribution is -2.46. The molecule has 1 unspecified atom stereocenters. The highest BCUT2D eigenvalue weighted by Crippen LogP contribution is 2.19. The lowest BCUT2D eigenvalue weighted by atomic mass is 9.97. The molecule has 2 N–H and O–H groups in total. The second-order valence-corrected chi connectivity index (χ2v) is 7.34. The van der Waals surface area contributed by atoms with Crippen LogP contribution in [-0.4, -0.2) is 54.8 Å². The van der Waals surface area contributed by atoms with Crippen LogP contribution in [0.15, 0.2) is 40.9 Å². The molecule has 156 valence electrons. The van der Waals surface area contributed by atoms with Crippen molar-refractivity contribution in [3.8, 4) is 0 Å². The summed E-state index contributed by atoms with van der Waals surface area (Å²) in [6.45, 7) is 6.70. The zero-order valence-electron chi connectivity index (χ0n) is 16.9. The first-order valence-corrected chi connectivity index (χ1v) is 9.93. The number of morpholine rings is 1. The summed E-state index contributed by atoms with van der Waals surface area (Å²) < 4.78 is 10.6. The van der Waals surface area contributed by atoms with Crippen LogP contribution in [0.3, 0.4) is 0 Å². The Morgan fingerprint density at radius 3 is 2.52 bits per heavy atom. The SMILES string of the molecule is CC(C)c1cc(CNC(=O)NCC(C(=O)N2CCOCC2)c2ccccc2)on1. The summed E-state index contributed by atoms with van der Waals surface area (Å²) in [6.07, 6.45) is 0. The Kier molecular flexibility index (Phi) is 7.24. The smallest absolute Gasteiger partial charge is 0.315 e. The normalized spacial score (nSPS) is 15.2. The van der Waals surface area contributed by atoms with Crippen molar-refractivity contribution in [2.24, 2.45) is 0 Å². The minimum absolute atomic E-state index is 0.00314. The molecule has 1 atom stereocenters. The monoisotopic (exact) mass is 400 g/mol. The number of hydrogen-bond donors (Lipinski definition) is 2. The molecule has 1 fully saturated rings. The van der Waals surface area contributed by atoms with Gasteiger partial charge in [-0.05, 0) is 11.5 Å². The van der Waals surface area contributed by atoms with E-state index < -0.39 is 5.92 Å². The molecular formula is C21H28N4O4. The van der Waals surface area contributed by atoms with E-state index in [1.54, 1.807) is 4.90 Å². The standard InChI is InChI=1S/C21H28N4O4/c1-15(2)19-12-17(29-24-19)13-22-21(27)23-14-18(16-6-4-3-5-7-16)20(26)25-8-10-28-11-9-25/h3-7,12,15,18H,8-11,13-14H2,1-2H3,(H2,22,23,27). The Labute approximate surface area is 170 Å². The van der Waals surface area contributed by atoms with Crippen molar-refractivity contribution in [1.82, 2.24) is 20.7 Å². The Morgan fingerprint density at radius 2 is 1.86 bits per heavy atom. The summed E-state index contributed by atoms with van der Waals surface area (Å²) in [5, 5.41) is 9.53. The molecule has 2 aromatic rings. The van der Waals surface area contributed by atoms with Gasteiger partial charge in [0.05, 0.1) is 31.4 Å². The predicted molar refractivity (Wildman–Crippen MR) is 107 cm³/mol. The Hall–Kier alpha value is -2.87. The third-order valence-corrected chi connectivity index (χ3v) is 4.88. The third-order valence-electron chi connectivity index (χ3n) is 4.88. The number of aromatic nitrogens is 1. The van der Waals surface area contributed by atoms with E-state index in [1.807, 2.05) is 50.2 Å². The van der Waals surface area contributed by atoms with Crippen molar-refractivity contribution >= 4 is 11.9 Å². The molecule has 3 amide bonds. The van der Waals surface area contributed by atoms with E-state index in [9.17, 15) is 9.59 Å². The molecule has 1 aliphatic heterocycles. The average Bonchev–Trinajstić information content (AvgIpc) is 3.23. The van der Waals surface area contributed by atoms with Gasteiger partial charge >= 0.3 is 6.03 Å². The van der Waals surface area contributed by atoms with Crippen molar-refractivity contribution in [1.29, 1.82) is 0 Å². The second kappa shape index (κ2) is 10.1. The van der Waals surface area contributed by atoms with Gasteiger partial charge in [0, 0.05) is 25.7 Å². The van der Waals surface area contributed by atoms with E-state index in [4.69, 9.17) is 9.26 Å². The maximum absolute atomic E-state index is 13.0. The van der Waals surface area contributed by atoms with Gasteiger partial charge in [0.25, 0.3) is 0 Å². The van der Waals surface area contributed by atoms with Crippen LogP contribution in [0.5, 0.6) is 0 Å². The van der Waals surface area contributed by atoms with E-state index >= 15 is 0 Å². The Morgan fingerprint density at radius 1 is 1.14 bits per heavy atom. The molecule has 3 rings (SSSR count). The summed E-state index contributed by atoms with van der Waals surface area (Å²) in [4.78, 5) is 27.1. The third kappa shape index (κ3) is 5.80. The number of benzene rings is 1. The van der Waals surface area contributed by atoms with Gasteiger partial charge < -0.3 is 24.8 Å². The number of carbonyl (C=O) groups is 2. The molecule has 0 bridgehead atoms. The fraction of sp³-hybridized carbons (Fsp3) is 0.476. The molecule has 1 aliphatic rings. The minimum Gasteiger partial charge on any atom is -0.378 e. The number of nitrogens with one attached hydrogen (secondary N) is 2. The zero-order valence-corrected chi connectivity index (χ0v) is 16.9.